The Morgan fingerprint density at radius 2 is 1.64 bits per heavy atom. The summed E-state index contributed by atoms with van der Waals surface area (Å²) in [5, 5.41) is 2.37. The summed E-state index contributed by atoms with van der Waals surface area (Å²) in [7, 11) is 0. The third-order valence-corrected chi connectivity index (χ3v) is 4.82. The van der Waals surface area contributed by atoms with Crippen LogP contribution in [0.3, 0.4) is 0 Å². The van der Waals surface area contributed by atoms with Crippen LogP contribution in [0.15, 0.2) is 48.5 Å². The van der Waals surface area contributed by atoms with Crippen molar-refractivity contribution in [1.29, 1.82) is 0 Å². The van der Waals surface area contributed by atoms with Crippen molar-refractivity contribution in [3.63, 3.8) is 0 Å². The smallest absolute Gasteiger partial charge is 0.279 e. The van der Waals surface area contributed by atoms with Crippen LogP contribution in [-0.2, 0) is 11.2 Å². The molecule has 0 aliphatic carbocycles. The van der Waals surface area contributed by atoms with E-state index in [-0.39, 0.29) is 18.1 Å². The minimum Gasteiger partial charge on any atom is -0.327 e. The van der Waals surface area contributed by atoms with Gasteiger partial charge in [0.1, 0.15) is 17.3 Å². The zero-order valence-corrected chi connectivity index (χ0v) is 14.1. The zero-order valence-electron chi connectivity index (χ0n) is 14.1. The van der Waals surface area contributed by atoms with Gasteiger partial charge in [0.05, 0.1) is 13.1 Å². The van der Waals surface area contributed by atoms with Crippen molar-refractivity contribution >= 4 is 11.6 Å². The van der Waals surface area contributed by atoms with E-state index in [4.69, 9.17) is 0 Å². The molecule has 1 aliphatic rings. The highest BCUT2D eigenvalue weighted by atomic mass is 19.1. The maximum Gasteiger partial charge on any atom is 0.279 e. The summed E-state index contributed by atoms with van der Waals surface area (Å²) in [6, 6.07) is 14.0. The topological polar surface area (TPSA) is 33.5 Å². The predicted octanol–water partition coefficient (Wildman–Crippen LogP) is 2.44. The van der Waals surface area contributed by atoms with E-state index >= 15 is 0 Å². The molecule has 132 valence electrons. The van der Waals surface area contributed by atoms with E-state index in [1.807, 2.05) is 6.07 Å². The molecule has 25 heavy (non-hydrogen) atoms. The first-order chi connectivity index (χ1) is 12.1. The molecule has 0 unspecified atom stereocenters. The molecular formula is C20H23F2N2O+. The Labute approximate surface area is 146 Å². The highest BCUT2D eigenvalue weighted by Crippen LogP contribution is 2.18. The molecule has 2 N–H and O–H groups in total. The molecule has 1 fully saturated rings. The molecular weight excluding hydrogens is 322 g/mol. The summed E-state index contributed by atoms with van der Waals surface area (Å²) in [5.74, 6) is -1.20. The zero-order chi connectivity index (χ0) is 17.6. The molecule has 1 amide bonds. The minimum absolute atomic E-state index is 0.242. The van der Waals surface area contributed by atoms with Crippen molar-refractivity contribution < 1.29 is 18.5 Å². The summed E-state index contributed by atoms with van der Waals surface area (Å²) >= 11 is 0. The van der Waals surface area contributed by atoms with E-state index in [0.29, 0.717) is 5.92 Å². The maximum atomic E-state index is 13.6. The number of anilines is 1. The lowest BCUT2D eigenvalue weighted by Crippen LogP contribution is -3.14. The molecule has 5 heteroatoms. The van der Waals surface area contributed by atoms with Crippen molar-refractivity contribution in [3.8, 4) is 0 Å². The average Bonchev–Trinajstić information content (AvgIpc) is 2.61. The second-order valence-corrected chi connectivity index (χ2v) is 6.70. The molecule has 0 atom stereocenters. The second-order valence-electron chi connectivity index (χ2n) is 6.70. The molecule has 0 aromatic heterocycles. The van der Waals surface area contributed by atoms with Gasteiger partial charge in [0, 0.05) is 0 Å². The largest absolute Gasteiger partial charge is 0.327 e. The van der Waals surface area contributed by atoms with Crippen LogP contribution in [0.1, 0.15) is 18.4 Å². The van der Waals surface area contributed by atoms with Crippen LogP contribution in [0.2, 0.25) is 0 Å². The second kappa shape index (κ2) is 8.21. The van der Waals surface area contributed by atoms with Crippen LogP contribution in [0.4, 0.5) is 14.5 Å². The van der Waals surface area contributed by atoms with Crippen molar-refractivity contribution in [1.82, 2.24) is 0 Å². The van der Waals surface area contributed by atoms with E-state index in [1.54, 1.807) is 0 Å². The van der Waals surface area contributed by atoms with Crippen molar-refractivity contribution in [2.24, 2.45) is 5.92 Å². The number of hydrogen-bond donors (Lipinski definition) is 2. The van der Waals surface area contributed by atoms with Crippen LogP contribution in [0.25, 0.3) is 0 Å². The Morgan fingerprint density at radius 1 is 1.00 bits per heavy atom. The number of likely N-dealkylation sites (tertiary alicyclic amines) is 1. The van der Waals surface area contributed by atoms with Crippen LogP contribution >= 0.6 is 0 Å². The molecule has 2 aromatic carbocycles. The Bertz CT molecular complexity index is 693. The molecule has 0 spiro atoms. The summed E-state index contributed by atoms with van der Waals surface area (Å²) < 4.78 is 27.2. The number of piperidine rings is 1. The number of rotatable bonds is 5. The van der Waals surface area contributed by atoms with Crippen LogP contribution in [0, 0.1) is 17.6 Å². The van der Waals surface area contributed by atoms with E-state index in [9.17, 15) is 13.6 Å². The number of para-hydroxylation sites is 1. The highest BCUT2D eigenvalue weighted by molar-refractivity contribution is 5.91. The van der Waals surface area contributed by atoms with Gasteiger partial charge >= 0.3 is 0 Å². The first-order valence-corrected chi connectivity index (χ1v) is 8.73. The van der Waals surface area contributed by atoms with Gasteiger partial charge in [-0.15, -0.1) is 0 Å². The van der Waals surface area contributed by atoms with Crippen molar-refractivity contribution in [2.75, 3.05) is 25.0 Å². The third-order valence-electron chi connectivity index (χ3n) is 4.82. The fraction of sp³-hybridized carbons (Fsp3) is 0.350. The maximum absolute atomic E-state index is 13.6. The monoisotopic (exact) mass is 345 g/mol. The summed E-state index contributed by atoms with van der Waals surface area (Å²) in [6.07, 6.45) is 3.19. The third kappa shape index (κ3) is 4.86. The summed E-state index contributed by atoms with van der Waals surface area (Å²) in [6.45, 7) is 2.06. The Hall–Kier alpha value is -2.27. The average molecular weight is 345 g/mol. The van der Waals surface area contributed by atoms with Gasteiger partial charge in [-0.3, -0.25) is 4.79 Å². The Morgan fingerprint density at radius 3 is 2.28 bits per heavy atom. The fourth-order valence-electron chi connectivity index (χ4n) is 3.44. The predicted molar refractivity (Wildman–Crippen MR) is 93.4 cm³/mol. The highest BCUT2D eigenvalue weighted by Gasteiger charge is 2.24. The molecule has 1 heterocycles. The quantitative estimate of drug-likeness (QED) is 0.857. The minimum atomic E-state index is -0.745. The van der Waals surface area contributed by atoms with Gasteiger partial charge in [0.25, 0.3) is 5.91 Å². The van der Waals surface area contributed by atoms with E-state index in [1.165, 1.54) is 16.5 Å². The molecule has 0 saturated carbocycles. The van der Waals surface area contributed by atoms with E-state index in [0.717, 1.165) is 44.5 Å². The van der Waals surface area contributed by atoms with Gasteiger partial charge in [0.2, 0.25) is 0 Å². The first kappa shape index (κ1) is 17.5. The summed E-state index contributed by atoms with van der Waals surface area (Å²) in [5.41, 5.74) is 0.995. The normalized spacial score (nSPS) is 20.2. The molecule has 1 saturated heterocycles. The van der Waals surface area contributed by atoms with Gasteiger partial charge < -0.3 is 10.2 Å². The molecule has 0 bridgehead atoms. The lowest BCUT2D eigenvalue weighted by atomic mass is 9.90. The number of benzene rings is 2. The number of amides is 1. The lowest BCUT2D eigenvalue weighted by molar-refractivity contribution is -0.898. The number of quaternary nitrogens is 1. The molecule has 3 nitrogen and oxygen atoms in total. The number of halogens is 2. The molecule has 1 aliphatic heterocycles. The van der Waals surface area contributed by atoms with Crippen molar-refractivity contribution in [3.05, 3.63) is 65.7 Å². The van der Waals surface area contributed by atoms with Crippen LogP contribution in [-0.4, -0.2) is 25.5 Å². The van der Waals surface area contributed by atoms with Crippen molar-refractivity contribution in [2.45, 2.75) is 19.3 Å². The van der Waals surface area contributed by atoms with Gasteiger partial charge in [-0.05, 0) is 42.9 Å². The lowest BCUT2D eigenvalue weighted by Gasteiger charge is -2.29. The SMILES string of the molecule is O=C(C[NH+]1CCC(Cc2ccccc2)CC1)Nc1c(F)cccc1F. The molecule has 2 aromatic rings. The van der Waals surface area contributed by atoms with E-state index in [2.05, 4.69) is 29.6 Å². The van der Waals surface area contributed by atoms with Gasteiger partial charge in [-0.25, -0.2) is 8.78 Å². The number of carbonyl (C=O) groups excluding carboxylic acids is 1. The number of hydrogen-bond acceptors (Lipinski definition) is 1. The van der Waals surface area contributed by atoms with Crippen LogP contribution < -0.4 is 10.2 Å². The molecule has 0 radical (unpaired) electrons. The summed E-state index contributed by atoms with van der Waals surface area (Å²) in [4.78, 5) is 13.3. The fourth-order valence-corrected chi connectivity index (χ4v) is 3.44. The Balaban J connectivity index is 1.46. The van der Waals surface area contributed by atoms with Gasteiger partial charge in [0.15, 0.2) is 6.54 Å². The standard InChI is InChI=1S/C20H22F2N2O/c21-17-7-4-8-18(22)20(17)23-19(25)14-24-11-9-16(10-12-24)13-15-5-2-1-3-6-15/h1-8,16H,9-14H2,(H,23,25)/p+1. The van der Waals surface area contributed by atoms with Crippen LogP contribution in [0.5, 0.6) is 0 Å². The van der Waals surface area contributed by atoms with Gasteiger partial charge in [-0.2, -0.15) is 0 Å². The first-order valence-electron chi connectivity index (χ1n) is 8.73. The van der Waals surface area contributed by atoms with E-state index < -0.39 is 11.6 Å². The van der Waals surface area contributed by atoms with Gasteiger partial charge in [-0.1, -0.05) is 36.4 Å². The number of carbonyl (C=O) groups is 1. The Kier molecular flexibility index (Phi) is 5.76. The molecule has 3 rings (SSSR count). The number of nitrogens with one attached hydrogen (secondary N) is 2.